The lowest BCUT2D eigenvalue weighted by Gasteiger charge is -1.95. The van der Waals surface area contributed by atoms with Crippen LogP contribution in [0.4, 0.5) is 0 Å². The Bertz CT molecular complexity index is 134. The topological polar surface area (TPSA) is 55.5 Å². The smallest absolute Gasteiger partial charge is 0.243 e. The lowest BCUT2D eigenvalue weighted by Crippen LogP contribution is -2.26. The summed E-state index contributed by atoms with van der Waals surface area (Å²) in [5, 5.41) is 0. The maximum atomic E-state index is 10.3. The van der Waals surface area contributed by atoms with Gasteiger partial charge in [0, 0.05) is 5.75 Å². The second-order valence-electron chi connectivity index (χ2n) is 1.51. The molecule has 1 rings (SSSR count). The average molecular weight is 130 g/mol. The first-order valence-corrected chi connectivity index (χ1v) is 3.28. The molecule has 1 atom stereocenters. The summed E-state index contributed by atoms with van der Waals surface area (Å²) in [6.07, 6.45) is 0. The number of amides is 1. The van der Waals surface area contributed by atoms with Crippen molar-refractivity contribution in [3.8, 4) is 0 Å². The molecule has 0 aromatic carbocycles. The maximum Gasteiger partial charge on any atom is 0.243 e. The number of thioether (sulfide) groups is 1. The summed E-state index contributed by atoms with van der Waals surface area (Å²) in [6, 6.07) is -0.264. The van der Waals surface area contributed by atoms with E-state index in [0.717, 1.165) is 5.75 Å². The van der Waals surface area contributed by atoms with E-state index in [2.05, 4.69) is 4.99 Å². The second-order valence-corrected chi connectivity index (χ2v) is 2.38. The van der Waals surface area contributed by atoms with Crippen LogP contribution in [0.3, 0.4) is 0 Å². The molecule has 1 aliphatic heterocycles. The maximum absolute atomic E-state index is 10.3. The molecule has 0 bridgehead atoms. The first-order valence-electron chi connectivity index (χ1n) is 2.23. The van der Waals surface area contributed by atoms with Crippen molar-refractivity contribution in [2.45, 2.75) is 6.04 Å². The molecule has 1 unspecified atom stereocenters. The van der Waals surface area contributed by atoms with E-state index in [1.807, 2.05) is 0 Å². The molecule has 0 aromatic heterocycles. The van der Waals surface area contributed by atoms with Crippen molar-refractivity contribution in [1.29, 1.82) is 0 Å². The van der Waals surface area contributed by atoms with E-state index < -0.39 is 0 Å². The van der Waals surface area contributed by atoms with Crippen molar-refractivity contribution < 1.29 is 4.79 Å². The van der Waals surface area contributed by atoms with Crippen LogP contribution in [0.15, 0.2) is 4.99 Å². The third kappa shape index (κ3) is 1.01. The molecule has 0 aliphatic carbocycles. The fourth-order valence-corrected chi connectivity index (χ4v) is 1.20. The highest BCUT2D eigenvalue weighted by Crippen LogP contribution is 2.09. The van der Waals surface area contributed by atoms with Crippen LogP contribution in [-0.2, 0) is 4.79 Å². The summed E-state index contributed by atoms with van der Waals surface area (Å²) < 4.78 is 0. The van der Waals surface area contributed by atoms with Crippen LogP contribution in [0.25, 0.3) is 0 Å². The molecule has 0 saturated heterocycles. The van der Waals surface area contributed by atoms with E-state index in [0.29, 0.717) is 0 Å². The predicted molar refractivity (Wildman–Crippen MR) is 33.9 cm³/mol. The van der Waals surface area contributed by atoms with Gasteiger partial charge in [-0.05, 0) is 0 Å². The Labute approximate surface area is 51.3 Å². The van der Waals surface area contributed by atoms with Gasteiger partial charge in [-0.3, -0.25) is 9.79 Å². The second kappa shape index (κ2) is 2.17. The largest absolute Gasteiger partial charge is 0.368 e. The molecule has 1 heterocycles. The molecule has 3 nitrogen and oxygen atoms in total. The van der Waals surface area contributed by atoms with Gasteiger partial charge in [0.1, 0.15) is 6.04 Å². The Morgan fingerprint density at radius 1 is 2.00 bits per heavy atom. The SMILES string of the molecule is NC(=O)C1CSC=N1. The van der Waals surface area contributed by atoms with Gasteiger partial charge in [-0.15, -0.1) is 11.8 Å². The zero-order valence-electron chi connectivity index (χ0n) is 4.20. The van der Waals surface area contributed by atoms with E-state index in [9.17, 15) is 4.79 Å². The number of aliphatic imine (C=N–C) groups is 1. The van der Waals surface area contributed by atoms with Crippen molar-refractivity contribution in [1.82, 2.24) is 0 Å². The molecule has 8 heavy (non-hydrogen) atoms. The molecule has 2 N–H and O–H groups in total. The fraction of sp³-hybridized carbons (Fsp3) is 0.500. The Hall–Kier alpha value is -0.510. The van der Waals surface area contributed by atoms with Crippen LogP contribution in [0, 0.1) is 0 Å². The van der Waals surface area contributed by atoms with Crippen LogP contribution < -0.4 is 5.73 Å². The Morgan fingerprint density at radius 2 is 2.75 bits per heavy atom. The summed E-state index contributed by atoms with van der Waals surface area (Å²) in [5.74, 6) is 0.390. The van der Waals surface area contributed by atoms with E-state index in [1.165, 1.54) is 11.8 Å². The Morgan fingerprint density at radius 3 is 3.00 bits per heavy atom. The van der Waals surface area contributed by atoms with Gasteiger partial charge < -0.3 is 5.73 Å². The van der Waals surface area contributed by atoms with Crippen LogP contribution in [0.1, 0.15) is 0 Å². The van der Waals surface area contributed by atoms with Crippen molar-refractivity contribution in [3.63, 3.8) is 0 Å². The van der Waals surface area contributed by atoms with E-state index in [4.69, 9.17) is 5.73 Å². The molecular weight excluding hydrogens is 124 g/mol. The van der Waals surface area contributed by atoms with Crippen molar-refractivity contribution in [3.05, 3.63) is 0 Å². The number of hydrogen-bond acceptors (Lipinski definition) is 3. The Kier molecular flexibility index (Phi) is 1.53. The molecule has 4 heteroatoms. The number of nitrogens with zero attached hydrogens (tertiary/aromatic N) is 1. The lowest BCUT2D eigenvalue weighted by molar-refractivity contribution is -0.118. The van der Waals surface area contributed by atoms with Crippen molar-refractivity contribution >= 4 is 23.2 Å². The van der Waals surface area contributed by atoms with Crippen molar-refractivity contribution in [2.75, 3.05) is 5.75 Å². The van der Waals surface area contributed by atoms with Gasteiger partial charge in [0.05, 0.1) is 5.55 Å². The molecule has 0 saturated carbocycles. The molecule has 1 amide bonds. The highest BCUT2D eigenvalue weighted by atomic mass is 32.2. The normalized spacial score (nSPS) is 26.2. The summed E-state index contributed by atoms with van der Waals surface area (Å²) >= 11 is 1.52. The highest BCUT2D eigenvalue weighted by molar-refractivity contribution is 8.12. The van der Waals surface area contributed by atoms with Gasteiger partial charge in [0.2, 0.25) is 5.91 Å². The van der Waals surface area contributed by atoms with Crippen LogP contribution in [0.2, 0.25) is 0 Å². The van der Waals surface area contributed by atoms with Crippen LogP contribution in [0.5, 0.6) is 0 Å². The zero-order chi connectivity index (χ0) is 5.98. The molecule has 44 valence electrons. The minimum Gasteiger partial charge on any atom is -0.368 e. The van der Waals surface area contributed by atoms with Crippen LogP contribution in [-0.4, -0.2) is 23.2 Å². The summed E-state index contributed by atoms with van der Waals surface area (Å²) in [5.41, 5.74) is 6.59. The fourth-order valence-electron chi connectivity index (χ4n) is 0.449. The Balaban J connectivity index is 2.48. The molecular formula is C4H6N2OS. The van der Waals surface area contributed by atoms with Gasteiger partial charge in [0.15, 0.2) is 0 Å². The quantitative estimate of drug-likeness (QED) is 0.526. The summed E-state index contributed by atoms with van der Waals surface area (Å²) in [4.78, 5) is 14.1. The molecule has 0 spiro atoms. The lowest BCUT2D eigenvalue weighted by atomic mass is 10.3. The number of rotatable bonds is 1. The zero-order valence-corrected chi connectivity index (χ0v) is 5.02. The van der Waals surface area contributed by atoms with Gasteiger partial charge >= 0.3 is 0 Å². The highest BCUT2D eigenvalue weighted by Gasteiger charge is 2.15. The minimum absolute atomic E-state index is 0.264. The molecule has 0 aromatic rings. The standard InChI is InChI=1S/C4H6N2OS/c5-4(7)3-1-8-2-6-3/h2-3H,1H2,(H2,5,7). The summed E-state index contributed by atoms with van der Waals surface area (Å²) in [6.45, 7) is 0. The van der Waals surface area contributed by atoms with E-state index in [-0.39, 0.29) is 11.9 Å². The average Bonchev–Trinajstić information content (AvgIpc) is 2.12. The van der Waals surface area contributed by atoms with Crippen LogP contribution >= 0.6 is 11.8 Å². The monoisotopic (exact) mass is 130 g/mol. The number of carbonyl (C=O) groups is 1. The number of hydrogen-bond donors (Lipinski definition) is 1. The summed E-state index contributed by atoms with van der Waals surface area (Å²) in [7, 11) is 0. The van der Waals surface area contributed by atoms with Gasteiger partial charge in [0.25, 0.3) is 0 Å². The first-order chi connectivity index (χ1) is 3.80. The third-order valence-corrected chi connectivity index (χ3v) is 1.68. The first kappa shape index (κ1) is 5.62. The third-order valence-electron chi connectivity index (χ3n) is 0.898. The molecule has 0 fully saturated rings. The molecule has 0 radical (unpaired) electrons. The van der Waals surface area contributed by atoms with E-state index >= 15 is 0 Å². The van der Waals surface area contributed by atoms with Gasteiger partial charge in [-0.25, -0.2) is 0 Å². The number of nitrogens with two attached hydrogens (primary N) is 1. The van der Waals surface area contributed by atoms with Crippen molar-refractivity contribution in [2.24, 2.45) is 10.7 Å². The minimum atomic E-state index is -0.328. The van der Waals surface area contributed by atoms with E-state index in [1.54, 1.807) is 5.55 Å². The predicted octanol–water partition coefficient (Wildman–Crippen LogP) is -0.385. The molecule has 1 aliphatic rings. The van der Waals surface area contributed by atoms with Gasteiger partial charge in [-0.1, -0.05) is 0 Å². The van der Waals surface area contributed by atoms with Gasteiger partial charge in [-0.2, -0.15) is 0 Å². The number of primary amides is 1. The number of carbonyl (C=O) groups excluding carboxylic acids is 1.